The zero-order chi connectivity index (χ0) is 11.1. The van der Waals surface area contributed by atoms with Gasteiger partial charge in [-0.1, -0.05) is 36.5 Å². The van der Waals surface area contributed by atoms with Crippen LogP contribution in [0, 0.1) is 34.5 Å². The lowest BCUT2D eigenvalue weighted by atomic mass is 9.33. The molecule has 1 nitrogen and oxygen atoms in total. The largest absolute Gasteiger partial charge is 0.381 e. The van der Waals surface area contributed by atoms with Crippen LogP contribution in [0.4, 0.5) is 0 Å². The Morgan fingerprint density at radius 1 is 0.824 bits per heavy atom. The maximum Gasteiger partial charge on any atom is 0.0504 e. The van der Waals surface area contributed by atoms with Crippen molar-refractivity contribution in [2.45, 2.75) is 12.8 Å². The smallest absolute Gasteiger partial charge is 0.0504 e. The Balaban J connectivity index is 1.75. The fourth-order valence-electron chi connectivity index (χ4n) is 5.66. The standard InChI is InChI=1S/C16H18O/c1-2-6-16-8-7-15(16,5-1)13-3-4-14(16)12-10-17-9-11(12)13/h1-4,7-8,11-14H,5-6,9-10H2. The first kappa shape index (κ1) is 9.16. The van der Waals surface area contributed by atoms with Crippen LogP contribution in [0.15, 0.2) is 36.5 Å². The Morgan fingerprint density at radius 3 is 1.82 bits per heavy atom. The van der Waals surface area contributed by atoms with E-state index in [1.165, 1.54) is 12.8 Å². The molecule has 6 rings (SSSR count). The summed E-state index contributed by atoms with van der Waals surface area (Å²) in [6.07, 6.45) is 17.5. The van der Waals surface area contributed by atoms with Gasteiger partial charge in [-0.25, -0.2) is 0 Å². The van der Waals surface area contributed by atoms with Gasteiger partial charge in [0, 0.05) is 10.8 Å². The molecule has 88 valence electrons. The van der Waals surface area contributed by atoms with Crippen molar-refractivity contribution in [1.29, 1.82) is 0 Å². The van der Waals surface area contributed by atoms with Gasteiger partial charge < -0.3 is 4.74 Å². The average Bonchev–Trinajstić information content (AvgIpc) is 2.81. The first-order valence-corrected chi connectivity index (χ1v) is 6.99. The van der Waals surface area contributed by atoms with Crippen LogP contribution in [0.2, 0.25) is 0 Å². The second-order valence-corrected chi connectivity index (χ2v) is 6.60. The maximum absolute atomic E-state index is 5.81. The van der Waals surface area contributed by atoms with Crippen molar-refractivity contribution >= 4 is 0 Å². The molecule has 17 heavy (non-hydrogen) atoms. The van der Waals surface area contributed by atoms with Crippen molar-refractivity contribution in [1.82, 2.24) is 0 Å². The van der Waals surface area contributed by atoms with Crippen LogP contribution >= 0.6 is 0 Å². The molecule has 0 aromatic carbocycles. The Labute approximate surface area is 102 Å². The Morgan fingerprint density at radius 2 is 1.35 bits per heavy atom. The molecule has 5 aliphatic carbocycles. The third-order valence-corrected chi connectivity index (χ3v) is 6.43. The van der Waals surface area contributed by atoms with E-state index >= 15 is 0 Å². The van der Waals surface area contributed by atoms with Gasteiger partial charge in [-0.3, -0.25) is 0 Å². The number of allylic oxidation sites excluding steroid dienone is 6. The Hall–Kier alpha value is -0.820. The number of hydrogen-bond acceptors (Lipinski definition) is 1. The molecule has 1 saturated carbocycles. The highest BCUT2D eigenvalue weighted by Gasteiger charge is 2.69. The number of rotatable bonds is 0. The summed E-state index contributed by atoms with van der Waals surface area (Å²) in [7, 11) is 0. The third-order valence-electron chi connectivity index (χ3n) is 6.43. The summed E-state index contributed by atoms with van der Waals surface area (Å²) in [6, 6.07) is 0. The summed E-state index contributed by atoms with van der Waals surface area (Å²) in [4.78, 5) is 0. The van der Waals surface area contributed by atoms with Gasteiger partial charge in [0.1, 0.15) is 0 Å². The van der Waals surface area contributed by atoms with E-state index in [2.05, 4.69) is 36.5 Å². The predicted octanol–water partition coefficient (Wildman–Crippen LogP) is 2.96. The lowest BCUT2D eigenvalue weighted by molar-refractivity contribution is -0.0976. The molecule has 0 amide bonds. The van der Waals surface area contributed by atoms with Crippen molar-refractivity contribution in [3.05, 3.63) is 36.5 Å². The summed E-state index contributed by atoms with van der Waals surface area (Å²) >= 11 is 0. The highest BCUT2D eigenvalue weighted by Crippen LogP contribution is 2.74. The minimum absolute atomic E-state index is 0.468. The van der Waals surface area contributed by atoms with E-state index < -0.39 is 0 Å². The highest BCUT2D eigenvalue weighted by atomic mass is 16.5. The van der Waals surface area contributed by atoms with Gasteiger partial charge in [0.05, 0.1) is 13.2 Å². The van der Waals surface area contributed by atoms with Crippen molar-refractivity contribution in [2.75, 3.05) is 13.2 Å². The number of hydrogen-bond donors (Lipinski definition) is 0. The SMILES string of the molecule is C1=CCC23C=CC2(C1)C1C=CC3C2COCC21. The van der Waals surface area contributed by atoms with Crippen molar-refractivity contribution < 1.29 is 4.74 Å². The first-order valence-electron chi connectivity index (χ1n) is 6.99. The summed E-state index contributed by atoms with van der Waals surface area (Å²) in [5.74, 6) is 3.09. The van der Waals surface area contributed by atoms with Crippen LogP contribution in [0.3, 0.4) is 0 Å². The molecule has 6 unspecified atom stereocenters. The Kier molecular flexibility index (Phi) is 1.41. The zero-order valence-electron chi connectivity index (χ0n) is 10.0. The fourth-order valence-corrected chi connectivity index (χ4v) is 5.66. The monoisotopic (exact) mass is 226 g/mol. The molecule has 0 radical (unpaired) electrons. The quantitative estimate of drug-likeness (QED) is 0.577. The van der Waals surface area contributed by atoms with E-state index in [9.17, 15) is 0 Å². The van der Waals surface area contributed by atoms with Crippen molar-refractivity contribution in [3.63, 3.8) is 0 Å². The van der Waals surface area contributed by atoms with E-state index in [1.54, 1.807) is 0 Å². The first-order chi connectivity index (χ1) is 8.37. The van der Waals surface area contributed by atoms with Gasteiger partial charge in [-0.15, -0.1) is 0 Å². The molecule has 0 aromatic heterocycles. The van der Waals surface area contributed by atoms with Crippen LogP contribution < -0.4 is 0 Å². The minimum Gasteiger partial charge on any atom is -0.381 e. The van der Waals surface area contributed by atoms with E-state index in [1.807, 2.05) is 0 Å². The lowest BCUT2D eigenvalue weighted by Gasteiger charge is -2.69. The van der Waals surface area contributed by atoms with Gasteiger partial charge in [0.25, 0.3) is 0 Å². The summed E-state index contributed by atoms with van der Waals surface area (Å²) < 4.78 is 5.81. The van der Waals surface area contributed by atoms with Gasteiger partial charge in [0.15, 0.2) is 0 Å². The number of ether oxygens (including phenoxy) is 1. The molecule has 0 spiro atoms. The minimum atomic E-state index is 0.468. The van der Waals surface area contributed by atoms with Crippen LogP contribution in [0.25, 0.3) is 0 Å². The highest BCUT2D eigenvalue weighted by molar-refractivity contribution is 5.43. The van der Waals surface area contributed by atoms with Crippen LogP contribution in [-0.4, -0.2) is 13.2 Å². The second kappa shape index (κ2) is 2.61. The molecular weight excluding hydrogens is 208 g/mol. The summed E-state index contributed by atoms with van der Waals surface area (Å²) in [5.41, 5.74) is 0.937. The molecule has 1 saturated heterocycles. The molecule has 2 fully saturated rings. The molecule has 0 N–H and O–H groups in total. The van der Waals surface area contributed by atoms with Crippen molar-refractivity contribution in [3.8, 4) is 0 Å². The molecule has 2 bridgehead atoms. The van der Waals surface area contributed by atoms with Gasteiger partial charge in [-0.05, 0) is 36.5 Å². The fraction of sp³-hybridized carbons (Fsp3) is 0.625. The second-order valence-electron chi connectivity index (χ2n) is 6.60. The van der Waals surface area contributed by atoms with E-state index in [4.69, 9.17) is 4.74 Å². The normalized spacial score (nSPS) is 60.7. The zero-order valence-corrected chi connectivity index (χ0v) is 10.0. The third kappa shape index (κ3) is 0.753. The van der Waals surface area contributed by atoms with E-state index in [0.29, 0.717) is 10.8 Å². The predicted molar refractivity (Wildman–Crippen MR) is 66.3 cm³/mol. The maximum atomic E-state index is 5.81. The van der Waals surface area contributed by atoms with E-state index in [-0.39, 0.29) is 0 Å². The molecule has 1 heteroatoms. The molecule has 1 heterocycles. The van der Waals surface area contributed by atoms with Crippen LogP contribution in [-0.2, 0) is 4.74 Å². The molecule has 1 aliphatic heterocycles. The Bertz CT molecular complexity index is 434. The van der Waals surface area contributed by atoms with Gasteiger partial charge >= 0.3 is 0 Å². The van der Waals surface area contributed by atoms with Gasteiger partial charge in [0.2, 0.25) is 0 Å². The van der Waals surface area contributed by atoms with Crippen LogP contribution in [0.1, 0.15) is 12.8 Å². The summed E-state index contributed by atoms with van der Waals surface area (Å²) in [5, 5.41) is 0. The van der Waals surface area contributed by atoms with Gasteiger partial charge in [-0.2, -0.15) is 0 Å². The lowest BCUT2D eigenvalue weighted by Crippen LogP contribution is -2.64. The van der Waals surface area contributed by atoms with Crippen LogP contribution in [0.5, 0.6) is 0 Å². The average molecular weight is 226 g/mol. The molecular formula is C16H18O. The molecule has 6 atom stereocenters. The molecule has 0 aromatic rings. The summed E-state index contributed by atoms with van der Waals surface area (Å²) in [6.45, 7) is 2.01. The van der Waals surface area contributed by atoms with E-state index in [0.717, 1.165) is 36.9 Å². The van der Waals surface area contributed by atoms with Crippen molar-refractivity contribution in [2.24, 2.45) is 34.5 Å². The molecule has 6 aliphatic rings. The topological polar surface area (TPSA) is 9.23 Å².